The van der Waals surface area contributed by atoms with Gasteiger partial charge in [0.15, 0.2) is 0 Å². The summed E-state index contributed by atoms with van der Waals surface area (Å²) in [6.07, 6.45) is 4.05. The first-order valence-electron chi connectivity index (χ1n) is 12.0. The van der Waals surface area contributed by atoms with Gasteiger partial charge in [0.25, 0.3) is 5.91 Å². The molecule has 0 unspecified atom stereocenters. The number of likely N-dealkylation sites (N-methyl/N-ethyl adjacent to an activating group) is 1. The lowest BCUT2D eigenvalue weighted by atomic mass is 10.1. The van der Waals surface area contributed by atoms with E-state index in [9.17, 15) is 9.59 Å². The molecule has 0 atom stereocenters. The first-order chi connectivity index (χ1) is 16.9. The van der Waals surface area contributed by atoms with Crippen molar-refractivity contribution in [3.8, 4) is 0 Å². The predicted molar refractivity (Wildman–Crippen MR) is 138 cm³/mol. The second kappa shape index (κ2) is 13.3. The van der Waals surface area contributed by atoms with E-state index in [-0.39, 0.29) is 18.2 Å². The largest absolute Gasteiger partial charge is 0.337 e. The minimum Gasteiger partial charge on any atom is -0.337 e. The van der Waals surface area contributed by atoms with Crippen molar-refractivity contribution in [2.75, 3.05) is 40.3 Å². The van der Waals surface area contributed by atoms with Gasteiger partial charge in [-0.1, -0.05) is 60.7 Å². The molecule has 0 saturated carbocycles. The zero-order chi connectivity index (χ0) is 25.0. The number of nitrogens with zero attached hydrogens (tertiary/aromatic N) is 5. The van der Waals surface area contributed by atoms with Gasteiger partial charge in [0.2, 0.25) is 5.91 Å². The lowest BCUT2D eigenvalue weighted by molar-refractivity contribution is -0.132. The highest BCUT2D eigenvalue weighted by Crippen LogP contribution is 2.10. The standard InChI is InChI=1S/C28H35N5O2/c1-23-20-30-26(21-29-23)28(35)32(16-14-24-10-6-4-7-11-24)17-15-27(34)33(19-18-31(2)3)22-25-12-8-5-9-13-25/h4-13,20-21H,14-19,22H2,1-3H3. The normalized spacial score (nSPS) is 10.9. The number of rotatable bonds is 12. The lowest BCUT2D eigenvalue weighted by Gasteiger charge is -2.27. The maximum atomic E-state index is 13.3. The molecular formula is C28H35N5O2. The number of hydrogen-bond acceptors (Lipinski definition) is 5. The fourth-order valence-electron chi connectivity index (χ4n) is 3.69. The molecule has 7 heteroatoms. The monoisotopic (exact) mass is 473 g/mol. The zero-order valence-corrected chi connectivity index (χ0v) is 20.9. The van der Waals surface area contributed by atoms with Gasteiger partial charge in [0.1, 0.15) is 5.69 Å². The van der Waals surface area contributed by atoms with Crippen LogP contribution in [0.3, 0.4) is 0 Å². The summed E-state index contributed by atoms with van der Waals surface area (Å²) in [6.45, 7) is 4.61. The lowest BCUT2D eigenvalue weighted by Crippen LogP contribution is -2.40. The Morgan fingerprint density at radius 2 is 1.40 bits per heavy atom. The van der Waals surface area contributed by atoms with Gasteiger partial charge in [0, 0.05) is 45.3 Å². The molecule has 184 valence electrons. The average molecular weight is 474 g/mol. The van der Waals surface area contributed by atoms with Gasteiger partial charge in [-0.05, 0) is 38.6 Å². The van der Waals surface area contributed by atoms with Crippen LogP contribution in [0.2, 0.25) is 0 Å². The molecule has 0 aliphatic carbocycles. The van der Waals surface area contributed by atoms with Gasteiger partial charge in [-0.15, -0.1) is 0 Å². The molecule has 3 rings (SSSR count). The van der Waals surface area contributed by atoms with Crippen LogP contribution in [-0.2, 0) is 17.8 Å². The van der Waals surface area contributed by atoms with Crippen molar-refractivity contribution in [2.24, 2.45) is 0 Å². The van der Waals surface area contributed by atoms with Crippen LogP contribution in [-0.4, -0.2) is 76.8 Å². The highest BCUT2D eigenvalue weighted by atomic mass is 16.2. The van der Waals surface area contributed by atoms with Crippen molar-refractivity contribution in [3.63, 3.8) is 0 Å². The maximum absolute atomic E-state index is 13.3. The Kier molecular flexibility index (Phi) is 9.93. The molecule has 1 aromatic heterocycles. The van der Waals surface area contributed by atoms with Gasteiger partial charge in [-0.2, -0.15) is 0 Å². The molecule has 0 radical (unpaired) electrons. The van der Waals surface area contributed by atoms with E-state index < -0.39 is 0 Å². The van der Waals surface area contributed by atoms with Crippen molar-refractivity contribution in [2.45, 2.75) is 26.3 Å². The van der Waals surface area contributed by atoms with E-state index in [4.69, 9.17) is 0 Å². The summed E-state index contributed by atoms with van der Waals surface area (Å²) in [5.41, 5.74) is 3.28. The van der Waals surface area contributed by atoms with Crippen molar-refractivity contribution in [1.82, 2.24) is 24.7 Å². The molecule has 2 amide bonds. The van der Waals surface area contributed by atoms with Gasteiger partial charge in [0.05, 0.1) is 11.9 Å². The number of carbonyl (C=O) groups excluding carboxylic acids is 2. The molecule has 0 saturated heterocycles. The molecule has 0 bridgehead atoms. The van der Waals surface area contributed by atoms with Gasteiger partial charge >= 0.3 is 0 Å². The number of hydrogen-bond donors (Lipinski definition) is 0. The molecule has 0 aliphatic heterocycles. The molecule has 7 nitrogen and oxygen atoms in total. The van der Waals surface area contributed by atoms with Gasteiger partial charge in [-0.25, -0.2) is 4.98 Å². The first-order valence-corrected chi connectivity index (χ1v) is 12.0. The third-order valence-electron chi connectivity index (χ3n) is 5.78. The van der Waals surface area contributed by atoms with E-state index in [0.717, 1.165) is 23.4 Å². The van der Waals surface area contributed by atoms with E-state index in [2.05, 4.69) is 14.9 Å². The van der Waals surface area contributed by atoms with Gasteiger partial charge in [-0.3, -0.25) is 14.6 Å². The average Bonchev–Trinajstić information content (AvgIpc) is 2.87. The van der Waals surface area contributed by atoms with Crippen LogP contribution < -0.4 is 0 Å². The summed E-state index contributed by atoms with van der Waals surface area (Å²) < 4.78 is 0. The van der Waals surface area contributed by atoms with Crippen LogP contribution in [0.25, 0.3) is 0 Å². The summed E-state index contributed by atoms with van der Waals surface area (Å²) in [6, 6.07) is 20.0. The molecule has 2 aromatic carbocycles. The highest BCUT2D eigenvalue weighted by Gasteiger charge is 2.21. The molecule has 3 aromatic rings. The molecule has 0 spiro atoms. The Morgan fingerprint density at radius 3 is 2.00 bits per heavy atom. The zero-order valence-electron chi connectivity index (χ0n) is 20.9. The Morgan fingerprint density at radius 1 is 0.743 bits per heavy atom. The van der Waals surface area contributed by atoms with Crippen molar-refractivity contribution in [1.29, 1.82) is 0 Å². The first kappa shape index (κ1) is 26.0. The van der Waals surface area contributed by atoms with Gasteiger partial charge < -0.3 is 14.7 Å². The molecule has 35 heavy (non-hydrogen) atoms. The number of benzene rings is 2. The fraction of sp³-hybridized carbons (Fsp3) is 0.357. The minimum atomic E-state index is -0.205. The van der Waals surface area contributed by atoms with Crippen LogP contribution in [0, 0.1) is 6.92 Å². The fourth-order valence-corrected chi connectivity index (χ4v) is 3.69. The minimum absolute atomic E-state index is 0.0307. The molecule has 1 heterocycles. The second-order valence-corrected chi connectivity index (χ2v) is 8.92. The SMILES string of the molecule is Cc1cnc(C(=O)N(CCC(=O)N(CCN(C)C)Cc2ccccc2)CCc2ccccc2)cn1. The van der Waals surface area contributed by atoms with Crippen LogP contribution in [0.1, 0.15) is 33.7 Å². The summed E-state index contributed by atoms with van der Waals surface area (Å²) in [5.74, 6) is -0.174. The Hall–Kier alpha value is -3.58. The van der Waals surface area contributed by atoms with Crippen LogP contribution in [0.5, 0.6) is 0 Å². The highest BCUT2D eigenvalue weighted by molar-refractivity contribution is 5.92. The number of amides is 2. The molecule has 0 fully saturated rings. The van der Waals surface area contributed by atoms with E-state index in [1.807, 2.05) is 86.6 Å². The Labute approximate surface area is 208 Å². The third-order valence-corrected chi connectivity index (χ3v) is 5.78. The number of carbonyl (C=O) groups is 2. The molecule has 0 aliphatic rings. The second-order valence-electron chi connectivity index (χ2n) is 8.92. The third kappa shape index (κ3) is 8.61. The number of aromatic nitrogens is 2. The summed E-state index contributed by atoms with van der Waals surface area (Å²) in [7, 11) is 4.00. The molecular weight excluding hydrogens is 438 g/mol. The van der Waals surface area contributed by atoms with E-state index in [1.54, 1.807) is 11.1 Å². The maximum Gasteiger partial charge on any atom is 0.274 e. The Bertz CT molecular complexity index is 1060. The van der Waals surface area contributed by atoms with Crippen LogP contribution in [0.4, 0.5) is 0 Å². The van der Waals surface area contributed by atoms with Crippen molar-refractivity contribution >= 4 is 11.8 Å². The predicted octanol–water partition coefficient (Wildman–Crippen LogP) is 3.45. The van der Waals surface area contributed by atoms with E-state index >= 15 is 0 Å². The van der Waals surface area contributed by atoms with Crippen molar-refractivity contribution in [3.05, 3.63) is 95.6 Å². The topological polar surface area (TPSA) is 69.6 Å². The van der Waals surface area contributed by atoms with E-state index in [1.165, 1.54) is 6.20 Å². The van der Waals surface area contributed by atoms with Crippen LogP contribution >= 0.6 is 0 Å². The summed E-state index contributed by atoms with van der Waals surface area (Å²) >= 11 is 0. The summed E-state index contributed by atoms with van der Waals surface area (Å²) in [5, 5.41) is 0. The number of aryl methyl sites for hydroxylation is 1. The Balaban J connectivity index is 1.70. The van der Waals surface area contributed by atoms with E-state index in [0.29, 0.717) is 38.3 Å². The van der Waals surface area contributed by atoms with Crippen LogP contribution in [0.15, 0.2) is 73.1 Å². The molecule has 0 N–H and O–H groups in total. The smallest absolute Gasteiger partial charge is 0.274 e. The summed E-state index contributed by atoms with van der Waals surface area (Å²) in [4.78, 5) is 40.7. The quantitative estimate of drug-likeness (QED) is 0.403. The van der Waals surface area contributed by atoms with Crippen molar-refractivity contribution < 1.29 is 9.59 Å².